The van der Waals surface area contributed by atoms with E-state index >= 15 is 0 Å². The van der Waals surface area contributed by atoms with Crippen LogP contribution in [0.3, 0.4) is 0 Å². The van der Waals surface area contributed by atoms with Crippen LogP contribution in [0, 0.1) is 23.7 Å². The van der Waals surface area contributed by atoms with Crippen LogP contribution in [0.4, 0.5) is 4.79 Å². The summed E-state index contributed by atoms with van der Waals surface area (Å²) in [6.07, 6.45) is 4.21. The molecule has 1 saturated carbocycles. The number of hydrogen-bond acceptors (Lipinski definition) is 2. The zero-order chi connectivity index (χ0) is 15.6. The summed E-state index contributed by atoms with van der Waals surface area (Å²) in [4.78, 5) is 25.4. The fraction of sp³-hybridized carbons (Fsp3) is 0.875. The molecule has 2 aliphatic rings. The van der Waals surface area contributed by atoms with E-state index in [0.717, 1.165) is 12.8 Å². The van der Waals surface area contributed by atoms with Crippen LogP contribution in [0.25, 0.3) is 0 Å². The molecule has 2 N–H and O–H groups in total. The highest BCUT2D eigenvalue weighted by atomic mass is 16.4. The van der Waals surface area contributed by atoms with Gasteiger partial charge in [0.25, 0.3) is 0 Å². The van der Waals surface area contributed by atoms with Crippen molar-refractivity contribution in [1.82, 2.24) is 10.2 Å². The van der Waals surface area contributed by atoms with Crippen LogP contribution in [-0.2, 0) is 4.79 Å². The van der Waals surface area contributed by atoms with E-state index in [0.29, 0.717) is 31.3 Å². The predicted molar refractivity (Wildman–Crippen MR) is 81.0 cm³/mol. The number of hydrogen-bond donors (Lipinski definition) is 2. The van der Waals surface area contributed by atoms with Crippen LogP contribution in [0.1, 0.15) is 46.5 Å². The molecule has 0 spiro atoms. The van der Waals surface area contributed by atoms with Crippen molar-refractivity contribution in [1.29, 1.82) is 0 Å². The Morgan fingerprint density at radius 3 is 2.29 bits per heavy atom. The van der Waals surface area contributed by atoms with Gasteiger partial charge in [0.1, 0.15) is 0 Å². The molecule has 1 aliphatic heterocycles. The van der Waals surface area contributed by atoms with E-state index in [9.17, 15) is 14.7 Å². The second-order valence-electron chi connectivity index (χ2n) is 7.14. The molecular weight excluding hydrogens is 268 g/mol. The molecular formula is C16H28N2O3. The minimum Gasteiger partial charge on any atom is -0.481 e. The Kier molecular flexibility index (Phi) is 5.12. The highest BCUT2D eigenvalue weighted by molar-refractivity contribution is 5.77. The van der Waals surface area contributed by atoms with Crippen molar-refractivity contribution < 1.29 is 14.7 Å². The molecule has 1 saturated heterocycles. The van der Waals surface area contributed by atoms with Crippen molar-refractivity contribution in [3.05, 3.63) is 0 Å². The van der Waals surface area contributed by atoms with E-state index in [1.54, 1.807) is 4.90 Å². The maximum atomic E-state index is 12.5. The van der Waals surface area contributed by atoms with Crippen molar-refractivity contribution in [3.8, 4) is 0 Å². The number of rotatable bonds is 2. The van der Waals surface area contributed by atoms with E-state index in [1.165, 1.54) is 6.42 Å². The Labute approximate surface area is 127 Å². The summed E-state index contributed by atoms with van der Waals surface area (Å²) >= 11 is 0. The summed E-state index contributed by atoms with van der Waals surface area (Å²) in [6, 6.07) is 0.130. The van der Waals surface area contributed by atoms with Gasteiger partial charge in [0.05, 0.1) is 5.92 Å². The fourth-order valence-electron chi connectivity index (χ4n) is 3.90. The molecule has 4 atom stereocenters. The molecule has 5 heteroatoms. The Bertz CT molecular complexity index is 389. The average molecular weight is 296 g/mol. The van der Waals surface area contributed by atoms with E-state index < -0.39 is 11.9 Å². The summed E-state index contributed by atoms with van der Waals surface area (Å²) in [5, 5.41) is 12.4. The fourth-order valence-corrected chi connectivity index (χ4v) is 3.90. The molecule has 0 bridgehead atoms. The molecule has 21 heavy (non-hydrogen) atoms. The Morgan fingerprint density at radius 1 is 1.10 bits per heavy atom. The van der Waals surface area contributed by atoms with Crippen LogP contribution >= 0.6 is 0 Å². The van der Waals surface area contributed by atoms with Gasteiger partial charge in [0, 0.05) is 19.1 Å². The molecule has 0 aromatic rings. The van der Waals surface area contributed by atoms with Gasteiger partial charge in [-0.15, -0.1) is 0 Å². The third-order valence-electron chi connectivity index (χ3n) is 5.13. The summed E-state index contributed by atoms with van der Waals surface area (Å²) in [5.41, 5.74) is 0. The second-order valence-corrected chi connectivity index (χ2v) is 7.14. The number of urea groups is 1. The van der Waals surface area contributed by atoms with E-state index in [-0.39, 0.29) is 18.0 Å². The Hall–Kier alpha value is -1.26. The number of piperidine rings is 1. The normalized spacial score (nSPS) is 37.1. The molecule has 0 aromatic carbocycles. The van der Waals surface area contributed by atoms with Gasteiger partial charge in [0.2, 0.25) is 0 Å². The van der Waals surface area contributed by atoms with Gasteiger partial charge in [0.15, 0.2) is 0 Å². The zero-order valence-electron chi connectivity index (χ0n) is 13.3. The van der Waals surface area contributed by atoms with Gasteiger partial charge in [-0.05, 0) is 37.0 Å². The van der Waals surface area contributed by atoms with Crippen molar-refractivity contribution in [2.75, 3.05) is 13.1 Å². The maximum absolute atomic E-state index is 12.5. The lowest BCUT2D eigenvalue weighted by molar-refractivity contribution is -0.143. The first-order valence-electron chi connectivity index (χ1n) is 8.16. The molecule has 1 aliphatic carbocycles. The highest BCUT2D eigenvalue weighted by Gasteiger charge is 2.34. The Morgan fingerprint density at radius 2 is 1.71 bits per heavy atom. The molecule has 2 amide bonds. The topological polar surface area (TPSA) is 69.6 Å². The van der Waals surface area contributed by atoms with Crippen LogP contribution < -0.4 is 5.32 Å². The Balaban J connectivity index is 1.97. The first-order valence-corrected chi connectivity index (χ1v) is 8.16. The number of carboxylic acids is 1. The first-order chi connectivity index (χ1) is 9.88. The molecule has 120 valence electrons. The van der Waals surface area contributed by atoms with E-state index in [1.807, 2.05) is 6.92 Å². The van der Waals surface area contributed by atoms with Gasteiger partial charge in [-0.3, -0.25) is 4.79 Å². The molecule has 2 rings (SSSR count). The molecule has 4 unspecified atom stereocenters. The van der Waals surface area contributed by atoms with Crippen LogP contribution in [-0.4, -0.2) is 41.1 Å². The molecule has 5 nitrogen and oxygen atoms in total. The minimum absolute atomic E-state index is 0.0848. The number of carbonyl (C=O) groups is 2. The molecule has 2 fully saturated rings. The lowest BCUT2D eigenvalue weighted by Gasteiger charge is -2.39. The number of nitrogens with one attached hydrogen (secondary N) is 1. The van der Waals surface area contributed by atoms with Gasteiger partial charge in [-0.25, -0.2) is 4.79 Å². The van der Waals surface area contributed by atoms with Crippen LogP contribution in [0.2, 0.25) is 0 Å². The van der Waals surface area contributed by atoms with E-state index in [2.05, 4.69) is 19.2 Å². The van der Waals surface area contributed by atoms with Crippen LogP contribution in [0.15, 0.2) is 0 Å². The third-order valence-corrected chi connectivity index (χ3v) is 5.13. The SMILES string of the molecule is CC1CC(C(=O)O)CN(C(=O)NC2C(C)CCCC2C)C1. The first kappa shape index (κ1) is 16.1. The number of amides is 2. The lowest BCUT2D eigenvalue weighted by atomic mass is 9.79. The monoisotopic (exact) mass is 296 g/mol. The van der Waals surface area contributed by atoms with Crippen molar-refractivity contribution in [2.45, 2.75) is 52.5 Å². The smallest absolute Gasteiger partial charge is 0.317 e. The molecule has 0 radical (unpaired) electrons. The molecule has 1 heterocycles. The average Bonchev–Trinajstić information content (AvgIpc) is 2.42. The quantitative estimate of drug-likeness (QED) is 0.823. The van der Waals surface area contributed by atoms with Gasteiger partial charge >= 0.3 is 12.0 Å². The number of aliphatic carboxylic acids is 1. The summed E-state index contributed by atoms with van der Waals surface area (Å²) in [6.45, 7) is 7.40. The number of likely N-dealkylation sites (tertiary alicyclic amines) is 1. The predicted octanol–water partition coefficient (Wildman–Crippen LogP) is 2.56. The second kappa shape index (κ2) is 6.67. The number of carboxylic acid groups (broad SMARTS) is 1. The summed E-state index contributed by atoms with van der Waals surface area (Å²) < 4.78 is 0. The van der Waals surface area contributed by atoms with Gasteiger partial charge in [-0.2, -0.15) is 0 Å². The summed E-state index contributed by atoms with van der Waals surface area (Å²) in [7, 11) is 0. The highest BCUT2D eigenvalue weighted by Crippen LogP contribution is 2.29. The van der Waals surface area contributed by atoms with Crippen molar-refractivity contribution in [2.24, 2.45) is 23.7 Å². The zero-order valence-corrected chi connectivity index (χ0v) is 13.3. The lowest BCUT2D eigenvalue weighted by Crippen LogP contribution is -2.54. The van der Waals surface area contributed by atoms with E-state index in [4.69, 9.17) is 0 Å². The van der Waals surface area contributed by atoms with Crippen molar-refractivity contribution >= 4 is 12.0 Å². The van der Waals surface area contributed by atoms with Crippen LogP contribution in [0.5, 0.6) is 0 Å². The van der Waals surface area contributed by atoms with Crippen molar-refractivity contribution in [3.63, 3.8) is 0 Å². The molecule has 0 aromatic heterocycles. The number of carbonyl (C=O) groups excluding carboxylic acids is 1. The van der Waals surface area contributed by atoms with Gasteiger partial charge < -0.3 is 15.3 Å². The van der Waals surface area contributed by atoms with Gasteiger partial charge in [-0.1, -0.05) is 27.2 Å². The maximum Gasteiger partial charge on any atom is 0.317 e. The third kappa shape index (κ3) is 3.89. The largest absolute Gasteiger partial charge is 0.481 e. The standard InChI is InChI=1S/C16H28N2O3/c1-10-7-13(15(19)20)9-18(8-10)16(21)17-14-11(2)5-4-6-12(14)3/h10-14H,4-9H2,1-3H3,(H,17,21)(H,19,20). The number of nitrogens with zero attached hydrogens (tertiary/aromatic N) is 1. The summed E-state index contributed by atoms with van der Waals surface area (Å²) in [5.74, 6) is 0.0108. The minimum atomic E-state index is -0.793.